The van der Waals surface area contributed by atoms with Gasteiger partial charge >= 0.3 is 0 Å². The number of aliphatic imine (C=N–C) groups is 1. The summed E-state index contributed by atoms with van der Waals surface area (Å²) >= 11 is 0. The van der Waals surface area contributed by atoms with E-state index in [4.69, 9.17) is 4.99 Å². The van der Waals surface area contributed by atoms with Crippen molar-refractivity contribution in [1.82, 2.24) is 0 Å². The Bertz CT molecular complexity index is 697. The molecule has 2 aromatic carbocycles. The van der Waals surface area contributed by atoms with E-state index >= 15 is 0 Å². The first kappa shape index (κ1) is 19.0. The molecule has 0 atom stereocenters. The monoisotopic (exact) mass is 334 g/mol. The Morgan fingerprint density at radius 2 is 1.24 bits per heavy atom. The molecule has 25 heavy (non-hydrogen) atoms. The Morgan fingerprint density at radius 1 is 0.760 bits per heavy atom. The minimum absolute atomic E-state index is 1.01. The summed E-state index contributed by atoms with van der Waals surface area (Å²) in [6.45, 7) is 8.75. The number of nitrogens with one attached hydrogen (secondary N) is 1. The third-order valence-electron chi connectivity index (χ3n) is 4.58. The molecule has 0 amide bonds. The van der Waals surface area contributed by atoms with Crippen LogP contribution in [-0.2, 0) is 25.7 Å². The van der Waals surface area contributed by atoms with Crippen LogP contribution in [0.5, 0.6) is 0 Å². The summed E-state index contributed by atoms with van der Waals surface area (Å²) in [5.41, 5.74) is 7.68. The molecular weight excluding hydrogens is 304 g/mol. The number of para-hydroxylation sites is 2. The standard InChI is InChI=1S/C23H30N2/c1-5-18-12-9-13-19(6-2)22(18)24-16-11-17-25-23-20(7-3)14-10-15-21(23)8-4/h9-17,24H,5-8H2,1-4H3/b16-11+,25-17?. The van der Waals surface area contributed by atoms with E-state index in [1.807, 2.05) is 18.5 Å². The van der Waals surface area contributed by atoms with Crippen LogP contribution in [0.15, 0.2) is 53.7 Å². The van der Waals surface area contributed by atoms with Crippen molar-refractivity contribution >= 4 is 17.6 Å². The van der Waals surface area contributed by atoms with Crippen LogP contribution >= 0.6 is 0 Å². The van der Waals surface area contributed by atoms with Gasteiger partial charge in [-0.3, -0.25) is 4.99 Å². The third-order valence-corrected chi connectivity index (χ3v) is 4.58. The molecular formula is C23H30N2. The maximum Gasteiger partial charge on any atom is 0.0693 e. The number of anilines is 1. The van der Waals surface area contributed by atoms with Gasteiger partial charge in [-0.2, -0.15) is 0 Å². The molecule has 0 heterocycles. The van der Waals surface area contributed by atoms with Crippen molar-refractivity contribution in [1.29, 1.82) is 0 Å². The molecule has 0 bridgehead atoms. The van der Waals surface area contributed by atoms with Gasteiger partial charge in [0.05, 0.1) is 5.69 Å². The van der Waals surface area contributed by atoms with E-state index in [2.05, 4.69) is 69.4 Å². The molecule has 0 fully saturated rings. The molecule has 0 aliphatic rings. The molecule has 0 aliphatic carbocycles. The number of hydrogen-bond donors (Lipinski definition) is 1. The number of nitrogens with zero attached hydrogens (tertiary/aromatic N) is 1. The lowest BCUT2D eigenvalue weighted by atomic mass is 10.0. The van der Waals surface area contributed by atoms with Crippen LogP contribution in [0.3, 0.4) is 0 Å². The van der Waals surface area contributed by atoms with Crippen LogP contribution in [0.4, 0.5) is 11.4 Å². The third kappa shape index (κ3) is 4.82. The molecule has 1 N–H and O–H groups in total. The van der Waals surface area contributed by atoms with Gasteiger partial charge in [-0.1, -0.05) is 64.1 Å². The second-order valence-corrected chi connectivity index (χ2v) is 6.07. The SMILES string of the molecule is CCc1cccc(CC)c1N=C/C=C/Nc1c(CC)cccc1CC. The lowest BCUT2D eigenvalue weighted by molar-refractivity contribution is 1.08. The highest BCUT2D eigenvalue weighted by Crippen LogP contribution is 2.25. The van der Waals surface area contributed by atoms with Crippen LogP contribution in [0.2, 0.25) is 0 Å². The molecule has 2 nitrogen and oxygen atoms in total. The highest BCUT2D eigenvalue weighted by molar-refractivity contribution is 5.77. The van der Waals surface area contributed by atoms with E-state index in [0.717, 1.165) is 31.4 Å². The van der Waals surface area contributed by atoms with Crippen molar-refractivity contribution in [2.24, 2.45) is 4.99 Å². The smallest absolute Gasteiger partial charge is 0.0693 e. The van der Waals surface area contributed by atoms with Crippen molar-refractivity contribution in [2.45, 2.75) is 53.4 Å². The number of aryl methyl sites for hydroxylation is 4. The maximum atomic E-state index is 4.71. The summed E-state index contributed by atoms with van der Waals surface area (Å²) in [4.78, 5) is 4.71. The minimum Gasteiger partial charge on any atom is -0.361 e. The molecule has 0 aliphatic heterocycles. The minimum atomic E-state index is 1.01. The highest BCUT2D eigenvalue weighted by atomic mass is 14.8. The zero-order valence-corrected chi connectivity index (χ0v) is 16.0. The van der Waals surface area contributed by atoms with Crippen LogP contribution in [0.25, 0.3) is 0 Å². The lowest BCUT2D eigenvalue weighted by Crippen LogP contribution is -1.98. The molecule has 0 unspecified atom stereocenters. The fourth-order valence-electron chi connectivity index (χ4n) is 3.10. The van der Waals surface area contributed by atoms with Gasteiger partial charge in [0.2, 0.25) is 0 Å². The van der Waals surface area contributed by atoms with Crippen LogP contribution in [-0.4, -0.2) is 6.21 Å². The van der Waals surface area contributed by atoms with Gasteiger partial charge in [-0.25, -0.2) is 0 Å². The van der Waals surface area contributed by atoms with Crippen LogP contribution in [0.1, 0.15) is 49.9 Å². The summed E-state index contributed by atoms with van der Waals surface area (Å²) in [5, 5.41) is 3.46. The molecule has 0 saturated carbocycles. The van der Waals surface area contributed by atoms with Crippen molar-refractivity contribution in [3.05, 3.63) is 70.9 Å². The van der Waals surface area contributed by atoms with E-state index in [1.54, 1.807) is 0 Å². The first-order valence-corrected chi connectivity index (χ1v) is 9.42. The van der Waals surface area contributed by atoms with Gasteiger partial charge in [0.15, 0.2) is 0 Å². The van der Waals surface area contributed by atoms with Crippen molar-refractivity contribution in [3.63, 3.8) is 0 Å². The fourth-order valence-corrected chi connectivity index (χ4v) is 3.10. The van der Waals surface area contributed by atoms with Gasteiger partial charge in [0, 0.05) is 18.1 Å². The molecule has 0 aromatic heterocycles. The number of hydrogen-bond acceptors (Lipinski definition) is 2. The number of benzene rings is 2. The summed E-state index contributed by atoms with van der Waals surface area (Å²) < 4.78 is 0. The summed E-state index contributed by atoms with van der Waals surface area (Å²) in [6, 6.07) is 13.0. The average Bonchev–Trinajstić information content (AvgIpc) is 2.67. The fraction of sp³-hybridized carbons (Fsp3) is 0.348. The van der Waals surface area contributed by atoms with Crippen molar-refractivity contribution in [3.8, 4) is 0 Å². The molecule has 2 heteroatoms. The summed E-state index contributed by atoms with van der Waals surface area (Å²) in [6.07, 6.45) is 9.93. The van der Waals surface area contributed by atoms with Gasteiger partial charge in [-0.15, -0.1) is 0 Å². The van der Waals surface area contributed by atoms with Crippen molar-refractivity contribution in [2.75, 3.05) is 5.32 Å². The molecule has 2 aromatic rings. The zero-order valence-electron chi connectivity index (χ0n) is 16.0. The Kier molecular flexibility index (Phi) is 7.46. The predicted molar refractivity (Wildman–Crippen MR) is 111 cm³/mol. The predicted octanol–water partition coefficient (Wildman–Crippen LogP) is 6.26. The molecule has 0 radical (unpaired) electrons. The second-order valence-electron chi connectivity index (χ2n) is 6.07. The first-order valence-electron chi connectivity index (χ1n) is 9.42. The van der Waals surface area contributed by atoms with E-state index in [1.165, 1.54) is 27.9 Å². The quantitative estimate of drug-likeness (QED) is 0.566. The second kappa shape index (κ2) is 9.83. The topological polar surface area (TPSA) is 24.4 Å². The maximum absolute atomic E-state index is 4.71. The van der Waals surface area contributed by atoms with Gasteiger partial charge in [0.25, 0.3) is 0 Å². The average molecular weight is 335 g/mol. The normalized spacial score (nSPS) is 11.5. The number of allylic oxidation sites excluding steroid dienone is 1. The van der Waals surface area contributed by atoms with E-state index in [0.29, 0.717) is 0 Å². The summed E-state index contributed by atoms with van der Waals surface area (Å²) in [5.74, 6) is 0. The highest BCUT2D eigenvalue weighted by Gasteiger charge is 2.04. The van der Waals surface area contributed by atoms with E-state index in [-0.39, 0.29) is 0 Å². The molecule has 0 spiro atoms. The van der Waals surface area contributed by atoms with Gasteiger partial charge < -0.3 is 5.32 Å². The lowest BCUT2D eigenvalue weighted by Gasteiger charge is -2.12. The Hall–Kier alpha value is -2.35. The number of rotatable bonds is 8. The molecule has 0 saturated heterocycles. The van der Waals surface area contributed by atoms with Crippen molar-refractivity contribution < 1.29 is 0 Å². The largest absolute Gasteiger partial charge is 0.361 e. The van der Waals surface area contributed by atoms with Crippen LogP contribution in [0, 0.1) is 0 Å². The van der Waals surface area contributed by atoms with Gasteiger partial charge in [0.1, 0.15) is 0 Å². The molecule has 132 valence electrons. The molecule has 2 rings (SSSR count). The Balaban J connectivity index is 2.14. The Labute approximate surface area is 152 Å². The Morgan fingerprint density at radius 3 is 1.72 bits per heavy atom. The van der Waals surface area contributed by atoms with Crippen LogP contribution < -0.4 is 5.32 Å². The van der Waals surface area contributed by atoms with Gasteiger partial charge in [-0.05, 0) is 54.0 Å². The van der Waals surface area contributed by atoms with E-state index in [9.17, 15) is 0 Å². The zero-order chi connectivity index (χ0) is 18.1. The summed E-state index contributed by atoms with van der Waals surface area (Å²) in [7, 11) is 0. The first-order chi connectivity index (χ1) is 12.2. The van der Waals surface area contributed by atoms with E-state index < -0.39 is 0 Å².